The minimum atomic E-state index is 0.0251. The average molecular weight is 387 g/mol. The molecule has 1 saturated heterocycles. The molecule has 1 aliphatic heterocycles. The highest BCUT2D eigenvalue weighted by atomic mass is 16.5. The summed E-state index contributed by atoms with van der Waals surface area (Å²) in [4.78, 5) is 15.7. The first-order valence-corrected chi connectivity index (χ1v) is 10.8. The van der Waals surface area contributed by atoms with Crippen molar-refractivity contribution in [3.63, 3.8) is 0 Å². The van der Waals surface area contributed by atoms with Crippen LogP contribution in [0.3, 0.4) is 0 Å². The zero-order valence-electron chi connectivity index (χ0n) is 18.3. The van der Waals surface area contributed by atoms with Gasteiger partial charge in [0.2, 0.25) is 0 Å². The van der Waals surface area contributed by atoms with Gasteiger partial charge in [0.25, 0.3) is 0 Å². The first-order valence-electron chi connectivity index (χ1n) is 10.8. The molecule has 0 bridgehead atoms. The van der Waals surface area contributed by atoms with Gasteiger partial charge in [0.15, 0.2) is 0 Å². The highest BCUT2D eigenvalue weighted by Crippen LogP contribution is 2.44. The molecule has 2 aromatic rings. The number of aromatic amines is 2. The quantitative estimate of drug-likeness (QED) is 0.608. The van der Waals surface area contributed by atoms with E-state index in [2.05, 4.69) is 60.8 Å². The van der Waals surface area contributed by atoms with Crippen LogP contribution in [0.15, 0.2) is 24.9 Å². The highest BCUT2D eigenvalue weighted by Gasteiger charge is 2.37. The molecule has 0 aromatic carbocycles. The van der Waals surface area contributed by atoms with Crippen LogP contribution in [-0.4, -0.2) is 33.1 Å². The van der Waals surface area contributed by atoms with Crippen molar-refractivity contribution in [1.29, 1.82) is 0 Å². The molecule has 3 heterocycles. The molecule has 156 valence electrons. The number of imidazole rings is 2. The van der Waals surface area contributed by atoms with Crippen LogP contribution in [0.5, 0.6) is 0 Å². The number of hydrogen-bond donors (Lipinski definition) is 2. The lowest BCUT2D eigenvalue weighted by Crippen LogP contribution is -2.33. The molecule has 1 fully saturated rings. The summed E-state index contributed by atoms with van der Waals surface area (Å²) in [5.74, 6) is 1.82. The molecule has 0 amide bonds. The molecule has 28 heavy (non-hydrogen) atoms. The van der Waals surface area contributed by atoms with Crippen molar-refractivity contribution in [1.82, 2.24) is 19.9 Å². The van der Waals surface area contributed by atoms with Crippen LogP contribution in [0.1, 0.15) is 84.7 Å². The van der Waals surface area contributed by atoms with E-state index >= 15 is 0 Å². The maximum atomic E-state index is 5.59. The van der Waals surface area contributed by atoms with E-state index in [1.54, 1.807) is 0 Å². The molecule has 5 heteroatoms. The first-order chi connectivity index (χ1) is 13.2. The van der Waals surface area contributed by atoms with Crippen molar-refractivity contribution in [2.75, 3.05) is 13.2 Å². The van der Waals surface area contributed by atoms with Gasteiger partial charge in [0.05, 0.1) is 12.0 Å². The summed E-state index contributed by atoms with van der Waals surface area (Å²) in [5.41, 5.74) is 1.60. The normalized spacial score (nSPS) is 18.9. The molecule has 0 spiro atoms. The third kappa shape index (κ3) is 4.86. The van der Waals surface area contributed by atoms with Crippen molar-refractivity contribution < 1.29 is 4.74 Å². The standard InChI is InChI=1S/C23H38N4O/c1-21(2,18-6-14-28-15-7-18)8-10-23(5,19-16-24-17-27-19)11-9-22(3,4)20-25-12-13-26-20/h12-13,16-18H,6-11,14-15H2,1-5H3,(H,24,27)(H,25,26). The number of H-pyrrole nitrogens is 2. The summed E-state index contributed by atoms with van der Waals surface area (Å²) in [5, 5.41) is 0. The van der Waals surface area contributed by atoms with Crippen LogP contribution in [0, 0.1) is 11.3 Å². The van der Waals surface area contributed by atoms with E-state index < -0.39 is 0 Å². The molecular formula is C23H38N4O. The van der Waals surface area contributed by atoms with Gasteiger partial charge in [-0.25, -0.2) is 9.97 Å². The van der Waals surface area contributed by atoms with Gasteiger partial charge in [-0.1, -0.05) is 34.6 Å². The molecule has 0 radical (unpaired) electrons. The maximum absolute atomic E-state index is 5.59. The Hall–Kier alpha value is -1.62. The van der Waals surface area contributed by atoms with Crippen LogP contribution < -0.4 is 0 Å². The molecule has 5 nitrogen and oxygen atoms in total. The molecule has 1 aliphatic rings. The summed E-state index contributed by atoms with van der Waals surface area (Å²) in [6, 6.07) is 0. The van der Waals surface area contributed by atoms with E-state index in [0.717, 1.165) is 44.2 Å². The molecule has 3 rings (SSSR count). The average Bonchev–Trinajstić information content (AvgIpc) is 3.40. The van der Waals surface area contributed by atoms with Gasteiger partial charge in [-0.3, -0.25) is 0 Å². The molecule has 1 unspecified atom stereocenters. The Kier molecular flexibility index (Phi) is 6.33. The number of ether oxygens (including phenoxy) is 1. The summed E-state index contributed by atoms with van der Waals surface area (Å²) in [6.45, 7) is 13.7. The number of rotatable bonds is 9. The van der Waals surface area contributed by atoms with Crippen molar-refractivity contribution in [3.05, 3.63) is 36.4 Å². The Morgan fingerprint density at radius 2 is 1.71 bits per heavy atom. The zero-order valence-corrected chi connectivity index (χ0v) is 18.3. The fourth-order valence-electron chi connectivity index (χ4n) is 4.59. The lowest BCUT2D eigenvalue weighted by molar-refractivity contribution is 0.0166. The molecular weight excluding hydrogens is 348 g/mol. The van der Waals surface area contributed by atoms with Gasteiger partial charge in [-0.05, 0) is 49.9 Å². The second kappa shape index (κ2) is 8.40. The predicted octanol–water partition coefficient (Wildman–Crippen LogP) is 5.38. The number of nitrogens with zero attached hydrogens (tertiary/aromatic N) is 2. The van der Waals surface area contributed by atoms with Crippen LogP contribution in [0.4, 0.5) is 0 Å². The smallest absolute Gasteiger partial charge is 0.111 e. The number of aromatic nitrogens is 4. The number of hydrogen-bond acceptors (Lipinski definition) is 3. The first kappa shape index (κ1) is 21.1. The Morgan fingerprint density at radius 1 is 1.00 bits per heavy atom. The zero-order chi connectivity index (χ0) is 20.3. The Bertz CT molecular complexity index is 699. The van der Waals surface area contributed by atoms with Gasteiger partial charge in [0, 0.05) is 42.6 Å². The molecule has 2 N–H and O–H groups in total. The molecule has 0 saturated carbocycles. The second-order valence-electron chi connectivity index (χ2n) is 10.2. The Morgan fingerprint density at radius 3 is 2.32 bits per heavy atom. The molecule has 0 aliphatic carbocycles. The van der Waals surface area contributed by atoms with E-state index in [4.69, 9.17) is 4.74 Å². The summed E-state index contributed by atoms with van der Waals surface area (Å²) >= 11 is 0. The van der Waals surface area contributed by atoms with Gasteiger partial charge in [-0.15, -0.1) is 0 Å². The monoisotopic (exact) mass is 386 g/mol. The van der Waals surface area contributed by atoms with Crippen molar-refractivity contribution in [3.8, 4) is 0 Å². The third-order valence-corrected chi connectivity index (χ3v) is 7.21. The van der Waals surface area contributed by atoms with Gasteiger partial charge < -0.3 is 14.7 Å². The minimum Gasteiger partial charge on any atom is -0.381 e. The van der Waals surface area contributed by atoms with Crippen LogP contribution in [0.25, 0.3) is 0 Å². The van der Waals surface area contributed by atoms with Crippen LogP contribution >= 0.6 is 0 Å². The minimum absolute atomic E-state index is 0.0251. The van der Waals surface area contributed by atoms with E-state index in [1.807, 2.05) is 18.7 Å². The fraction of sp³-hybridized carbons (Fsp3) is 0.739. The third-order valence-electron chi connectivity index (χ3n) is 7.21. The predicted molar refractivity (Wildman–Crippen MR) is 113 cm³/mol. The fourth-order valence-corrected chi connectivity index (χ4v) is 4.59. The second-order valence-corrected chi connectivity index (χ2v) is 10.2. The largest absolute Gasteiger partial charge is 0.381 e. The SMILES string of the molecule is CC(C)(CCC(C)(CCC(C)(C)C1CCOCC1)c1c[nH]cn1)c1ncc[nH]1. The molecule has 2 aromatic heterocycles. The lowest BCUT2D eigenvalue weighted by atomic mass is 9.66. The Labute approximate surface area is 170 Å². The number of nitrogens with one attached hydrogen (secondary N) is 2. The van der Waals surface area contributed by atoms with Gasteiger partial charge >= 0.3 is 0 Å². The highest BCUT2D eigenvalue weighted by molar-refractivity contribution is 5.14. The van der Waals surface area contributed by atoms with E-state index in [0.29, 0.717) is 5.41 Å². The lowest BCUT2D eigenvalue weighted by Gasteiger charge is -2.40. The summed E-state index contributed by atoms with van der Waals surface area (Å²) < 4.78 is 5.59. The van der Waals surface area contributed by atoms with Gasteiger partial charge in [-0.2, -0.15) is 0 Å². The van der Waals surface area contributed by atoms with E-state index in [1.165, 1.54) is 25.0 Å². The van der Waals surface area contributed by atoms with Crippen molar-refractivity contribution in [2.24, 2.45) is 11.3 Å². The van der Waals surface area contributed by atoms with Crippen molar-refractivity contribution in [2.45, 2.75) is 84.0 Å². The maximum Gasteiger partial charge on any atom is 0.111 e. The molecule has 1 atom stereocenters. The van der Waals surface area contributed by atoms with Gasteiger partial charge in [0.1, 0.15) is 5.82 Å². The van der Waals surface area contributed by atoms with Crippen LogP contribution in [0.2, 0.25) is 0 Å². The Balaban J connectivity index is 1.70. The van der Waals surface area contributed by atoms with E-state index in [-0.39, 0.29) is 10.8 Å². The topological polar surface area (TPSA) is 66.6 Å². The van der Waals surface area contributed by atoms with Crippen molar-refractivity contribution >= 4 is 0 Å². The van der Waals surface area contributed by atoms with Crippen LogP contribution in [-0.2, 0) is 15.6 Å². The van der Waals surface area contributed by atoms with E-state index in [9.17, 15) is 0 Å². The summed E-state index contributed by atoms with van der Waals surface area (Å²) in [7, 11) is 0. The summed E-state index contributed by atoms with van der Waals surface area (Å²) in [6.07, 6.45) is 14.6.